The van der Waals surface area contributed by atoms with Crippen molar-refractivity contribution in [3.63, 3.8) is 0 Å². The summed E-state index contributed by atoms with van der Waals surface area (Å²) in [5, 5.41) is 3.42. The van der Waals surface area contributed by atoms with Crippen molar-refractivity contribution in [1.82, 2.24) is 0 Å². The molecule has 1 saturated heterocycles. The van der Waals surface area contributed by atoms with Gasteiger partial charge in [-0.1, -0.05) is 0 Å². The van der Waals surface area contributed by atoms with Gasteiger partial charge in [0, 0.05) is 24.6 Å². The van der Waals surface area contributed by atoms with Gasteiger partial charge in [-0.15, -0.1) is 0 Å². The Morgan fingerprint density at radius 3 is 2.50 bits per heavy atom. The lowest BCUT2D eigenvalue weighted by Crippen LogP contribution is -2.32. The Morgan fingerprint density at radius 2 is 1.94 bits per heavy atom. The predicted octanol–water partition coefficient (Wildman–Crippen LogP) is 2.07. The average molecular weight is 269 g/mol. The van der Waals surface area contributed by atoms with Crippen LogP contribution in [0.2, 0.25) is 0 Å². The maximum atomic E-state index is 11.3. The first-order valence-electron chi connectivity index (χ1n) is 6.13. The van der Waals surface area contributed by atoms with Crippen LogP contribution in [0, 0.1) is 0 Å². The maximum Gasteiger partial charge on any atom is 0.175 e. The van der Waals surface area contributed by atoms with Gasteiger partial charge in [0.25, 0.3) is 0 Å². The molecule has 1 heterocycles. The zero-order valence-corrected chi connectivity index (χ0v) is 11.5. The van der Waals surface area contributed by atoms with Crippen molar-refractivity contribution in [1.29, 1.82) is 0 Å². The molecule has 2 atom stereocenters. The fourth-order valence-electron chi connectivity index (χ4n) is 2.16. The third-order valence-corrected chi connectivity index (χ3v) is 4.27. The zero-order valence-electron chi connectivity index (χ0n) is 10.7. The molecule has 1 aliphatic heterocycles. The number of sulfone groups is 1. The van der Waals surface area contributed by atoms with Crippen molar-refractivity contribution in [3.05, 3.63) is 24.3 Å². The van der Waals surface area contributed by atoms with E-state index in [0.29, 0.717) is 10.9 Å². The molecular formula is C13H19NO3S. The van der Waals surface area contributed by atoms with Gasteiger partial charge in [-0.25, -0.2) is 8.42 Å². The summed E-state index contributed by atoms with van der Waals surface area (Å²) in [6.07, 6.45) is 3.47. The van der Waals surface area contributed by atoms with Crippen molar-refractivity contribution in [2.45, 2.75) is 36.8 Å². The van der Waals surface area contributed by atoms with Crippen LogP contribution >= 0.6 is 0 Å². The van der Waals surface area contributed by atoms with Gasteiger partial charge in [-0.3, -0.25) is 0 Å². The molecule has 0 spiro atoms. The molecule has 4 nitrogen and oxygen atoms in total. The number of nitrogens with one attached hydrogen (secondary N) is 1. The minimum atomic E-state index is -3.11. The number of rotatable bonds is 3. The van der Waals surface area contributed by atoms with Gasteiger partial charge in [0.1, 0.15) is 0 Å². The highest BCUT2D eigenvalue weighted by Gasteiger charge is 2.19. The lowest BCUT2D eigenvalue weighted by atomic mass is 10.0. The van der Waals surface area contributed by atoms with Gasteiger partial charge in [-0.05, 0) is 44.0 Å². The van der Waals surface area contributed by atoms with Crippen LogP contribution in [-0.2, 0) is 14.6 Å². The van der Waals surface area contributed by atoms with Gasteiger partial charge in [0.2, 0.25) is 0 Å². The number of anilines is 1. The fourth-order valence-corrected chi connectivity index (χ4v) is 2.79. The molecule has 1 N–H and O–H groups in total. The van der Waals surface area contributed by atoms with E-state index in [4.69, 9.17) is 4.74 Å². The molecule has 5 heteroatoms. The molecule has 2 rings (SSSR count). The van der Waals surface area contributed by atoms with E-state index in [2.05, 4.69) is 12.2 Å². The fraction of sp³-hybridized carbons (Fsp3) is 0.538. The van der Waals surface area contributed by atoms with Crippen molar-refractivity contribution < 1.29 is 13.2 Å². The molecule has 1 aromatic carbocycles. The van der Waals surface area contributed by atoms with Crippen molar-refractivity contribution in [3.8, 4) is 0 Å². The highest BCUT2D eigenvalue weighted by Crippen LogP contribution is 2.20. The summed E-state index contributed by atoms with van der Waals surface area (Å²) in [7, 11) is -3.11. The van der Waals surface area contributed by atoms with E-state index < -0.39 is 9.84 Å². The number of ether oxygens (including phenoxy) is 1. The van der Waals surface area contributed by atoms with E-state index in [1.807, 2.05) is 12.1 Å². The van der Waals surface area contributed by atoms with Gasteiger partial charge < -0.3 is 10.1 Å². The first-order chi connectivity index (χ1) is 8.45. The summed E-state index contributed by atoms with van der Waals surface area (Å²) < 4.78 is 28.2. The van der Waals surface area contributed by atoms with Crippen LogP contribution in [0.3, 0.4) is 0 Å². The molecule has 1 aromatic rings. The summed E-state index contributed by atoms with van der Waals surface area (Å²) in [5.74, 6) is 0. The predicted molar refractivity (Wildman–Crippen MR) is 71.6 cm³/mol. The molecule has 0 saturated carbocycles. The van der Waals surface area contributed by atoms with Crippen molar-refractivity contribution >= 4 is 15.5 Å². The van der Waals surface area contributed by atoms with Crippen LogP contribution in [0.15, 0.2) is 29.2 Å². The number of benzene rings is 1. The molecule has 0 radical (unpaired) electrons. The minimum Gasteiger partial charge on any atom is -0.382 e. The second-order valence-corrected chi connectivity index (χ2v) is 6.86. The molecule has 18 heavy (non-hydrogen) atoms. The molecule has 1 fully saturated rings. The van der Waals surface area contributed by atoms with Gasteiger partial charge in [0.15, 0.2) is 9.84 Å². The normalized spacial score (nSPS) is 24.8. The Balaban J connectivity index is 2.02. The molecular weight excluding hydrogens is 250 g/mol. The van der Waals surface area contributed by atoms with Crippen LogP contribution in [0.4, 0.5) is 5.69 Å². The number of hydrogen-bond donors (Lipinski definition) is 1. The van der Waals surface area contributed by atoms with E-state index in [0.717, 1.165) is 25.1 Å². The summed E-state index contributed by atoms with van der Waals surface area (Å²) in [4.78, 5) is 0.355. The van der Waals surface area contributed by atoms with Crippen LogP contribution in [-0.4, -0.2) is 33.4 Å². The first kappa shape index (κ1) is 13.4. The molecule has 2 unspecified atom stereocenters. The SMILES string of the molecule is CC1CC(Nc2ccc(S(C)(=O)=O)cc2)CCO1. The maximum absolute atomic E-state index is 11.3. The van der Waals surface area contributed by atoms with Crippen molar-refractivity contribution in [2.24, 2.45) is 0 Å². The van der Waals surface area contributed by atoms with Gasteiger partial charge >= 0.3 is 0 Å². The van der Waals surface area contributed by atoms with Gasteiger partial charge in [-0.2, -0.15) is 0 Å². The van der Waals surface area contributed by atoms with E-state index in [-0.39, 0.29) is 6.10 Å². The Morgan fingerprint density at radius 1 is 1.28 bits per heavy atom. The Hall–Kier alpha value is -1.07. The van der Waals surface area contributed by atoms with Crippen LogP contribution in [0.5, 0.6) is 0 Å². The molecule has 0 aromatic heterocycles. The Labute approximate surface area is 108 Å². The van der Waals surface area contributed by atoms with Crippen LogP contribution in [0.1, 0.15) is 19.8 Å². The average Bonchev–Trinajstić information content (AvgIpc) is 2.28. The van der Waals surface area contributed by atoms with Crippen LogP contribution in [0.25, 0.3) is 0 Å². The quantitative estimate of drug-likeness (QED) is 0.912. The molecule has 100 valence electrons. The highest BCUT2D eigenvalue weighted by molar-refractivity contribution is 7.90. The van der Waals surface area contributed by atoms with E-state index >= 15 is 0 Å². The number of hydrogen-bond acceptors (Lipinski definition) is 4. The summed E-state index contributed by atoms with van der Waals surface area (Å²) in [6, 6.07) is 7.31. The minimum absolute atomic E-state index is 0.284. The van der Waals surface area contributed by atoms with Crippen LogP contribution < -0.4 is 5.32 Å². The third-order valence-electron chi connectivity index (χ3n) is 3.14. The summed E-state index contributed by atoms with van der Waals surface area (Å²) >= 11 is 0. The lowest BCUT2D eigenvalue weighted by Gasteiger charge is -2.28. The first-order valence-corrected chi connectivity index (χ1v) is 8.02. The Kier molecular flexibility index (Phi) is 3.92. The molecule has 0 bridgehead atoms. The summed E-state index contributed by atoms with van der Waals surface area (Å²) in [5.41, 5.74) is 0.960. The van der Waals surface area contributed by atoms with E-state index in [1.54, 1.807) is 12.1 Å². The lowest BCUT2D eigenvalue weighted by molar-refractivity contribution is 0.0232. The van der Waals surface area contributed by atoms with Gasteiger partial charge in [0.05, 0.1) is 11.0 Å². The molecule has 1 aliphatic rings. The second kappa shape index (κ2) is 5.28. The topological polar surface area (TPSA) is 55.4 Å². The second-order valence-electron chi connectivity index (χ2n) is 4.84. The third kappa shape index (κ3) is 3.46. The van der Waals surface area contributed by atoms with E-state index in [9.17, 15) is 8.42 Å². The monoisotopic (exact) mass is 269 g/mol. The molecule has 0 aliphatic carbocycles. The summed E-state index contributed by atoms with van der Waals surface area (Å²) in [6.45, 7) is 2.85. The smallest absolute Gasteiger partial charge is 0.175 e. The largest absolute Gasteiger partial charge is 0.382 e. The zero-order chi connectivity index (χ0) is 13.2. The van der Waals surface area contributed by atoms with Crippen molar-refractivity contribution in [2.75, 3.05) is 18.2 Å². The van der Waals surface area contributed by atoms with E-state index in [1.165, 1.54) is 6.26 Å². The molecule has 0 amide bonds. The Bertz CT molecular complexity index is 495. The highest BCUT2D eigenvalue weighted by atomic mass is 32.2. The standard InChI is InChI=1S/C13H19NO3S/c1-10-9-12(7-8-17-10)14-11-3-5-13(6-4-11)18(2,15)16/h3-6,10,12,14H,7-9H2,1-2H3.